The van der Waals surface area contributed by atoms with Crippen LogP contribution in [0.25, 0.3) is 0 Å². The second-order valence-electron chi connectivity index (χ2n) is 5.63. The van der Waals surface area contributed by atoms with E-state index in [1.54, 1.807) is 0 Å². The molecule has 0 saturated carbocycles. The number of rotatable bonds is 4. The minimum atomic E-state index is 0.129. The molecule has 0 aliphatic heterocycles. The zero-order chi connectivity index (χ0) is 13.2. The maximum atomic E-state index is 4.52. The zero-order valence-electron chi connectivity index (χ0n) is 12.3. The Hall–Kier alpha value is -1.03. The highest BCUT2D eigenvalue weighted by Gasteiger charge is 2.18. The standard InChI is InChI=1S/C13H26N4/c1-8-16(6)12-11(9-14-13(3,4)5)10(2)15-17(12)7/h14H,8-9H2,1-7H3. The fourth-order valence-corrected chi connectivity index (χ4v) is 1.88. The summed E-state index contributed by atoms with van der Waals surface area (Å²) in [6.07, 6.45) is 0. The van der Waals surface area contributed by atoms with Crippen molar-refractivity contribution < 1.29 is 0 Å². The van der Waals surface area contributed by atoms with Gasteiger partial charge in [0.25, 0.3) is 0 Å². The molecule has 4 nitrogen and oxygen atoms in total. The first-order valence-corrected chi connectivity index (χ1v) is 6.25. The number of hydrogen-bond donors (Lipinski definition) is 1. The van der Waals surface area contributed by atoms with Gasteiger partial charge < -0.3 is 10.2 Å². The molecule has 0 radical (unpaired) electrons. The molecule has 1 aromatic rings. The molecule has 17 heavy (non-hydrogen) atoms. The highest BCUT2D eigenvalue weighted by Crippen LogP contribution is 2.22. The molecule has 0 fully saturated rings. The van der Waals surface area contributed by atoms with Gasteiger partial charge in [0, 0.05) is 38.3 Å². The monoisotopic (exact) mass is 238 g/mol. The third-order valence-electron chi connectivity index (χ3n) is 2.94. The van der Waals surface area contributed by atoms with Crippen LogP contribution in [0.5, 0.6) is 0 Å². The van der Waals surface area contributed by atoms with Gasteiger partial charge in [0.15, 0.2) is 0 Å². The summed E-state index contributed by atoms with van der Waals surface area (Å²) >= 11 is 0. The summed E-state index contributed by atoms with van der Waals surface area (Å²) < 4.78 is 1.97. The number of nitrogens with zero attached hydrogens (tertiary/aromatic N) is 3. The van der Waals surface area contributed by atoms with Crippen LogP contribution in [0.1, 0.15) is 39.0 Å². The lowest BCUT2D eigenvalue weighted by atomic mass is 10.1. The van der Waals surface area contributed by atoms with Crippen LogP contribution in [-0.4, -0.2) is 28.9 Å². The molecule has 0 aliphatic rings. The van der Waals surface area contributed by atoms with Crippen molar-refractivity contribution in [2.45, 2.75) is 46.7 Å². The van der Waals surface area contributed by atoms with Crippen molar-refractivity contribution in [2.24, 2.45) is 7.05 Å². The Morgan fingerprint density at radius 2 is 1.94 bits per heavy atom. The smallest absolute Gasteiger partial charge is 0.131 e. The third-order valence-corrected chi connectivity index (χ3v) is 2.94. The molecule has 0 unspecified atom stereocenters. The van der Waals surface area contributed by atoms with Crippen LogP contribution in [0.15, 0.2) is 0 Å². The molecule has 1 rings (SSSR count). The highest BCUT2D eigenvalue weighted by molar-refractivity contribution is 5.49. The van der Waals surface area contributed by atoms with Gasteiger partial charge in [-0.2, -0.15) is 5.10 Å². The van der Waals surface area contributed by atoms with Crippen molar-refractivity contribution in [3.05, 3.63) is 11.3 Å². The van der Waals surface area contributed by atoms with Crippen molar-refractivity contribution >= 4 is 5.82 Å². The van der Waals surface area contributed by atoms with Gasteiger partial charge in [-0.3, -0.25) is 4.68 Å². The number of anilines is 1. The van der Waals surface area contributed by atoms with Gasteiger partial charge in [-0.05, 0) is 34.6 Å². The predicted molar refractivity (Wildman–Crippen MR) is 73.5 cm³/mol. The summed E-state index contributed by atoms with van der Waals surface area (Å²) in [5, 5.41) is 8.05. The largest absolute Gasteiger partial charge is 0.360 e. The Morgan fingerprint density at radius 1 is 1.35 bits per heavy atom. The predicted octanol–water partition coefficient (Wildman–Crippen LogP) is 2.07. The molecule has 0 aliphatic carbocycles. The third kappa shape index (κ3) is 3.46. The summed E-state index contributed by atoms with van der Waals surface area (Å²) in [6.45, 7) is 12.6. The molecule has 0 aromatic carbocycles. The second-order valence-corrected chi connectivity index (χ2v) is 5.63. The second kappa shape index (κ2) is 5.08. The maximum absolute atomic E-state index is 4.52. The number of aryl methyl sites for hydroxylation is 2. The SMILES string of the molecule is CCN(C)c1c(CNC(C)(C)C)c(C)nn1C. The molecule has 1 N–H and O–H groups in total. The van der Waals surface area contributed by atoms with Gasteiger partial charge in [-0.15, -0.1) is 0 Å². The van der Waals surface area contributed by atoms with E-state index in [0.717, 1.165) is 18.8 Å². The minimum absolute atomic E-state index is 0.129. The van der Waals surface area contributed by atoms with E-state index in [1.165, 1.54) is 11.4 Å². The van der Waals surface area contributed by atoms with E-state index in [0.29, 0.717) is 0 Å². The van der Waals surface area contributed by atoms with E-state index >= 15 is 0 Å². The lowest BCUT2D eigenvalue weighted by Gasteiger charge is -2.23. The Morgan fingerprint density at radius 3 is 2.41 bits per heavy atom. The zero-order valence-corrected chi connectivity index (χ0v) is 12.3. The Labute approximate surface area is 105 Å². The molecule has 1 heterocycles. The van der Waals surface area contributed by atoms with Crippen LogP contribution in [0.2, 0.25) is 0 Å². The Kier molecular flexibility index (Phi) is 4.20. The van der Waals surface area contributed by atoms with Crippen LogP contribution in [-0.2, 0) is 13.6 Å². The first-order chi connectivity index (χ1) is 7.76. The van der Waals surface area contributed by atoms with Crippen LogP contribution >= 0.6 is 0 Å². The molecule has 1 aromatic heterocycles. The minimum Gasteiger partial charge on any atom is -0.360 e. The lowest BCUT2D eigenvalue weighted by Crippen LogP contribution is -2.35. The fraction of sp³-hybridized carbons (Fsp3) is 0.769. The van der Waals surface area contributed by atoms with Crippen molar-refractivity contribution in [1.82, 2.24) is 15.1 Å². The lowest BCUT2D eigenvalue weighted by molar-refractivity contribution is 0.424. The highest BCUT2D eigenvalue weighted by atomic mass is 15.4. The molecule has 0 saturated heterocycles. The normalized spacial score (nSPS) is 11.9. The number of hydrogen-bond acceptors (Lipinski definition) is 3. The van der Waals surface area contributed by atoms with Gasteiger partial charge in [-0.25, -0.2) is 0 Å². The molecule has 98 valence electrons. The van der Waals surface area contributed by atoms with Crippen molar-refractivity contribution in [3.63, 3.8) is 0 Å². The molecule has 0 spiro atoms. The Bertz CT molecular complexity index is 374. The van der Waals surface area contributed by atoms with Crippen LogP contribution in [0.3, 0.4) is 0 Å². The number of aromatic nitrogens is 2. The van der Waals surface area contributed by atoms with E-state index in [-0.39, 0.29) is 5.54 Å². The van der Waals surface area contributed by atoms with Gasteiger partial charge in [0.2, 0.25) is 0 Å². The Balaban J connectivity index is 2.97. The van der Waals surface area contributed by atoms with Crippen LogP contribution < -0.4 is 10.2 Å². The van der Waals surface area contributed by atoms with Crippen molar-refractivity contribution in [2.75, 3.05) is 18.5 Å². The topological polar surface area (TPSA) is 33.1 Å². The van der Waals surface area contributed by atoms with Crippen LogP contribution in [0, 0.1) is 6.92 Å². The van der Waals surface area contributed by atoms with E-state index < -0.39 is 0 Å². The summed E-state index contributed by atoms with van der Waals surface area (Å²) in [5.41, 5.74) is 2.54. The average molecular weight is 238 g/mol. The van der Waals surface area contributed by atoms with E-state index in [4.69, 9.17) is 0 Å². The first kappa shape index (κ1) is 14.0. The van der Waals surface area contributed by atoms with Gasteiger partial charge >= 0.3 is 0 Å². The summed E-state index contributed by atoms with van der Waals surface area (Å²) in [7, 11) is 4.12. The molecule has 4 heteroatoms. The summed E-state index contributed by atoms with van der Waals surface area (Å²) in [6, 6.07) is 0. The van der Waals surface area contributed by atoms with E-state index in [9.17, 15) is 0 Å². The van der Waals surface area contributed by atoms with E-state index in [2.05, 4.69) is 57.0 Å². The van der Waals surface area contributed by atoms with E-state index in [1.807, 2.05) is 11.7 Å². The molecule has 0 amide bonds. The molecule has 0 bridgehead atoms. The van der Waals surface area contributed by atoms with Gasteiger partial charge in [0.05, 0.1) is 5.69 Å². The molecular formula is C13H26N4. The molecular weight excluding hydrogens is 212 g/mol. The van der Waals surface area contributed by atoms with Crippen LogP contribution in [0.4, 0.5) is 5.82 Å². The molecule has 0 atom stereocenters. The summed E-state index contributed by atoms with van der Waals surface area (Å²) in [4.78, 5) is 2.24. The first-order valence-electron chi connectivity index (χ1n) is 6.25. The van der Waals surface area contributed by atoms with Gasteiger partial charge in [0.1, 0.15) is 5.82 Å². The number of nitrogens with one attached hydrogen (secondary N) is 1. The average Bonchev–Trinajstić information content (AvgIpc) is 2.48. The quantitative estimate of drug-likeness (QED) is 0.872. The maximum Gasteiger partial charge on any atom is 0.131 e. The summed E-state index contributed by atoms with van der Waals surface area (Å²) in [5.74, 6) is 1.21. The van der Waals surface area contributed by atoms with Gasteiger partial charge in [-0.1, -0.05) is 0 Å². The van der Waals surface area contributed by atoms with Crippen molar-refractivity contribution in [1.29, 1.82) is 0 Å². The fourth-order valence-electron chi connectivity index (χ4n) is 1.88. The van der Waals surface area contributed by atoms with Crippen molar-refractivity contribution in [3.8, 4) is 0 Å².